The maximum absolute atomic E-state index is 9.16. The van der Waals surface area contributed by atoms with E-state index in [9.17, 15) is 0 Å². The Kier molecular flexibility index (Phi) is 7.67. The normalized spacial score (nSPS) is 14.6. The number of nitrogens with one attached hydrogen (secondary N) is 1. The highest BCUT2D eigenvalue weighted by Crippen LogP contribution is 2.16. The van der Waals surface area contributed by atoms with E-state index in [1.165, 1.54) is 5.56 Å². The molecule has 0 aromatic heterocycles. The van der Waals surface area contributed by atoms with Crippen LogP contribution < -0.4 is 10.1 Å². The van der Waals surface area contributed by atoms with Gasteiger partial charge in [0.2, 0.25) is 0 Å². The van der Waals surface area contributed by atoms with Crippen molar-refractivity contribution in [1.29, 1.82) is 5.26 Å². The van der Waals surface area contributed by atoms with Crippen LogP contribution in [0.1, 0.15) is 23.1 Å². The van der Waals surface area contributed by atoms with Crippen molar-refractivity contribution in [1.82, 2.24) is 10.2 Å². The molecule has 1 saturated heterocycles. The molecule has 2 aromatic carbocycles. The van der Waals surface area contributed by atoms with Crippen LogP contribution in [0, 0.1) is 11.3 Å². The highest BCUT2D eigenvalue weighted by atomic mass is 16.5. The molecule has 1 N–H and O–H groups in total. The molecular weight excluding hydrogens is 338 g/mol. The Morgan fingerprint density at radius 3 is 2.81 bits per heavy atom. The lowest BCUT2D eigenvalue weighted by molar-refractivity contribution is 0.0374. The van der Waals surface area contributed by atoms with Crippen molar-refractivity contribution in [3.8, 4) is 11.8 Å². The number of ether oxygens (including phenoxy) is 2. The van der Waals surface area contributed by atoms with E-state index in [-0.39, 0.29) is 0 Å². The maximum atomic E-state index is 9.16. The van der Waals surface area contributed by atoms with Crippen LogP contribution in [0.25, 0.3) is 0 Å². The van der Waals surface area contributed by atoms with Gasteiger partial charge in [0.25, 0.3) is 0 Å². The van der Waals surface area contributed by atoms with Crippen molar-refractivity contribution in [2.45, 2.75) is 19.6 Å². The SMILES string of the molecule is N#Cc1ccccc1COc1cccc(CNCCCN2CCOCC2)c1. The number of morpholine rings is 1. The van der Waals surface area contributed by atoms with Gasteiger partial charge in [-0.15, -0.1) is 0 Å². The molecule has 0 amide bonds. The van der Waals surface area contributed by atoms with Crippen LogP contribution in [0.5, 0.6) is 5.75 Å². The van der Waals surface area contributed by atoms with E-state index in [1.807, 2.05) is 36.4 Å². The number of benzene rings is 2. The molecule has 0 bridgehead atoms. The summed E-state index contributed by atoms with van der Waals surface area (Å²) in [5.41, 5.74) is 2.77. The first-order valence-corrected chi connectivity index (χ1v) is 9.56. The van der Waals surface area contributed by atoms with Crippen LogP contribution in [-0.2, 0) is 17.9 Å². The summed E-state index contributed by atoms with van der Waals surface area (Å²) in [4.78, 5) is 2.46. The van der Waals surface area contributed by atoms with Crippen LogP contribution >= 0.6 is 0 Å². The molecule has 0 radical (unpaired) electrons. The summed E-state index contributed by atoms with van der Waals surface area (Å²) in [6.07, 6.45) is 1.14. The van der Waals surface area contributed by atoms with Gasteiger partial charge in [-0.2, -0.15) is 5.26 Å². The van der Waals surface area contributed by atoms with E-state index in [1.54, 1.807) is 0 Å². The number of hydrogen-bond donors (Lipinski definition) is 1. The highest BCUT2D eigenvalue weighted by Gasteiger charge is 2.09. The van der Waals surface area contributed by atoms with Gasteiger partial charge >= 0.3 is 0 Å². The quantitative estimate of drug-likeness (QED) is 0.693. The van der Waals surface area contributed by atoms with Crippen molar-refractivity contribution in [2.24, 2.45) is 0 Å². The average molecular weight is 365 g/mol. The second-order valence-electron chi connectivity index (χ2n) is 6.69. The van der Waals surface area contributed by atoms with Gasteiger partial charge in [0.15, 0.2) is 0 Å². The fourth-order valence-electron chi connectivity index (χ4n) is 3.15. The Morgan fingerprint density at radius 2 is 1.96 bits per heavy atom. The van der Waals surface area contributed by atoms with E-state index in [2.05, 4.69) is 28.4 Å². The minimum absolute atomic E-state index is 0.403. The lowest BCUT2D eigenvalue weighted by atomic mass is 10.1. The predicted octanol–water partition coefficient (Wildman–Crippen LogP) is 2.95. The Labute approximate surface area is 161 Å². The first-order valence-electron chi connectivity index (χ1n) is 9.56. The number of nitriles is 1. The second-order valence-corrected chi connectivity index (χ2v) is 6.69. The molecule has 1 aliphatic heterocycles. The van der Waals surface area contributed by atoms with Crippen LogP contribution in [0.3, 0.4) is 0 Å². The Hall–Kier alpha value is -2.39. The fraction of sp³-hybridized carbons (Fsp3) is 0.409. The minimum Gasteiger partial charge on any atom is -0.489 e. The van der Waals surface area contributed by atoms with Gasteiger partial charge in [-0.05, 0) is 43.3 Å². The second kappa shape index (κ2) is 10.7. The zero-order chi connectivity index (χ0) is 18.7. The molecule has 2 aromatic rings. The molecule has 5 nitrogen and oxygen atoms in total. The van der Waals surface area contributed by atoms with Gasteiger partial charge in [0.05, 0.1) is 24.8 Å². The zero-order valence-electron chi connectivity index (χ0n) is 15.7. The number of rotatable bonds is 9. The van der Waals surface area contributed by atoms with Crippen LogP contribution in [0.4, 0.5) is 0 Å². The molecule has 3 rings (SSSR count). The fourth-order valence-corrected chi connectivity index (χ4v) is 3.15. The van der Waals surface area contributed by atoms with Gasteiger partial charge in [0, 0.05) is 25.2 Å². The molecule has 0 saturated carbocycles. The van der Waals surface area contributed by atoms with Crippen molar-refractivity contribution in [3.63, 3.8) is 0 Å². The molecule has 1 heterocycles. The first kappa shape index (κ1) is 19.4. The summed E-state index contributed by atoms with van der Waals surface area (Å²) < 4.78 is 11.3. The third-order valence-corrected chi connectivity index (χ3v) is 4.69. The zero-order valence-corrected chi connectivity index (χ0v) is 15.7. The largest absolute Gasteiger partial charge is 0.489 e. The minimum atomic E-state index is 0.403. The summed E-state index contributed by atoms with van der Waals surface area (Å²) in [7, 11) is 0. The molecular formula is C22H27N3O2. The molecule has 27 heavy (non-hydrogen) atoms. The van der Waals surface area contributed by atoms with Crippen molar-refractivity contribution in [2.75, 3.05) is 39.4 Å². The summed E-state index contributed by atoms with van der Waals surface area (Å²) in [6, 6.07) is 17.9. The van der Waals surface area contributed by atoms with Crippen molar-refractivity contribution in [3.05, 3.63) is 65.2 Å². The van der Waals surface area contributed by atoms with Gasteiger partial charge in [-0.3, -0.25) is 4.90 Å². The third-order valence-electron chi connectivity index (χ3n) is 4.69. The maximum Gasteiger partial charge on any atom is 0.120 e. The Balaban J connectivity index is 1.40. The topological polar surface area (TPSA) is 57.5 Å². The molecule has 1 aliphatic rings. The molecule has 1 fully saturated rings. The molecule has 0 unspecified atom stereocenters. The van der Waals surface area contributed by atoms with Crippen molar-refractivity contribution < 1.29 is 9.47 Å². The smallest absolute Gasteiger partial charge is 0.120 e. The lowest BCUT2D eigenvalue weighted by Gasteiger charge is -2.26. The molecule has 0 aliphatic carbocycles. The summed E-state index contributed by atoms with van der Waals surface area (Å²) in [5.74, 6) is 0.829. The van der Waals surface area contributed by atoms with Gasteiger partial charge in [0.1, 0.15) is 12.4 Å². The Bertz CT molecular complexity index is 751. The molecule has 0 spiro atoms. The van der Waals surface area contributed by atoms with Crippen LogP contribution in [0.15, 0.2) is 48.5 Å². The highest BCUT2D eigenvalue weighted by molar-refractivity contribution is 5.37. The van der Waals surface area contributed by atoms with E-state index in [0.29, 0.717) is 12.2 Å². The van der Waals surface area contributed by atoms with E-state index >= 15 is 0 Å². The molecule has 5 heteroatoms. The summed E-state index contributed by atoms with van der Waals surface area (Å²) in [5, 5.41) is 12.7. The van der Waals surface area contributed by atoms with Gasteiger partial charge in [-0.25, -0.2) is 0 Å². The monoisotopic (exact) mass is 365 g/mol. The van der Waals surface area contributed by atoms with Crippen LogP contribution in [0.2, 0.25) is 0 Å². The number of nitrogens with zero attached hydrogens (tertiary/aromatic N) is 2. The van der Waals surface area contributed by atoms with Crippen LogP contribution in [-0.4, -0.2) is 44.3 Å². The average Bonchev–Trinajstić information content (AvgIpc) is 2.73. The van der Waals surface area contributed by atoms with E-state index in [0.717, 1.165) is 63.7 Å². The van der Waals surface area contributed by atoms with Gasteiger partial charge in [-0.1, -0.05) is 30.3 Å². The summed E-state index contributed by atoms with van der Waals surface area (Å²) in [6.45, 7) is 7.17. The standard InChI is InChI=1S/C22H27N3O2/c23-16-20-6-1-2-7-21(20)18-27-22-8-3-5-19(15-22)17-24-9-4-10-25-11-13-26-14-12-25/h1-3,5-8,15,24H,4,9-14,17-18H2. The number of hydrogen-bond acceptors (Lipinski definition) is 5. The van der Waals surface area contributed by atoms with E-state index in [4.69, 9.17) is 14.7 Å². The van der Waals surface area contributed by atoms with Crippen molar-refractivity contribution >= 4 is 0 Å². The molecule has 142 valence electrons. The predicted molar refractivity (Wildman–Crippen MR) is 106 cm³/mol. The van der Waals surface area contributed by atoms with Gasteiger partial charge < -0.3 is 14.8 Å². The molecule has 0 atom stereocenters. The lowest BCUT2D eigenvalue weighted by Crippen LogP contribution is -2.37. The first-order chi connectivity index (χ1) is 13.3. The summed E-state index contributed by atoms with van der Waals surface area (Å²) >= 11 is 0. The third kappa shape index (κ3) is 6.37. The Morgan fingerprint density at radius 1 is 1.11 bits per heavy atom. The van der Waals surface area contributed by atoms with E-state index < -0.39 is 0 Å².